The van der Waals surface area contributed by atoms with Crippen LogP contribution < -0.4 is 26.2 Å². The molecule has 538 valence electrons. The van der Waals surface area contributed by atoms with Gasteiger partial charge < -0.3 is 23.5 Å². The lowest BCUT2D eigenvalue weighted by Gasteiger charge is -2.45. The minimum Gasteiger partial charge on any atom is -0.311 e. The molecule has 0 bridgehead atoms. The summed E-state index contributed by atoms with van der Waals surface area (Å²) in [4.78, 5) is 5.00. The smallest absolute Gasteiger partial charge is 0.252 e. The van der Waals surface area contributed by atoms with Crippen molar-refractivity contribution in [2.24, 2.45) is 0 Å². The van der Waals surface area contributed by atoms with E-state index in [1.807, 2.05) is 6.07 Å². The SMILES string of the molecule is [2H]c1c([2H])c([2H])c2c(c1[2H])c1c([2H])c([2H])c([2H])c([2H])c1n2-c1ccc2c(c1)N(c1cccc3c4cccc(-n5c6ccc(C(C)(C)C)cc6c6cc(C(C)(C)C)ccc65)c4n(-c4ccccc4)c13)c1cc(C(C)(C)C)cc3c1B2c1ccc(-c2cc(C(C)(C)C)cc(C(C)(C)C)c2)cc1N3c1cc(-c2ccccc2)cc(-c2ccccc2)c1. The van der Waals surface area contributed by atoms with Crippen LogP contribution in [0.4, 0.5) is 34.1 Å². The maximum atomic E-state index is 9.92. The van der Waals surface area contributed by atoms with E-state index < -0.39 is 48.4 Å². The largest absolute Gasteiger partial charge is 0.311 e. The topological polar surface area (TPSA) is 21.3 Å². The molecule has 14 aromatic carbocycles. The fourth-order valence-corrected chi connectivity index (χ4v) is 17.4. The summed E-state index contributed by atoms with van der Waals surface area (Å²) < 4.78 is 82.7. The number of rotatable bonds is 8. The summed E-state index contributed by atoms with van der Waals surface area (Å²) >= 11 is 0. The Hall–Kier alpha value is -11.9. The summed E-state index contributed by atoms with van der Waals surface area (Å²) in [7, 11) is 0. The maximum Gasteiger partial charge on any atom is 0.252 e. The number of hydrogen-bond donors (Lipinski definition) is 0. The van der Waals surface area contributed by atoms with E-state index in [-0.39, 0.29) is 55.6 Å². The van der Waals surface area contributed by atoms with Crippen molar-refractivity contribution in [2.75, 3.05) is 9.80 Å². The van der Waals surface area contributed by atoms with Gasteiger partial charge in [-0.05, 0) is 214 Å². The molecule has 0 saturated carbocycles. The van der Waals surface area contributed by atoms with Crippen LogP contribution in [0.5, 0.6) is 0 Å². The summed E-state index contributed by atoms with van der Waals surface area (Å²) in [5, 5.41) is 4.44. The molecule has 0 N–H and O–H groups in total. The second kappa shape index (κ2) is 24.8. The van der Waals surface area contributed by atoms with Crippen molar-refractivity contribution < 1.29 is 11.0 Å². The van der Waals surface area contributed by atoms with Crippen molar-refractivity contribution in [3.05, 3.63) is 325 Å². The Bertz CT molecular complexity index is 6880. The third-order valence-electron chi connectivity index (χ3n) is 23.4. The molecule has 3 aromatic heterocycles. The second-order valence-electron chi connectivity index (χ2n) is 35.7. The van der Waals surface area contributed by atoms with Gasteiger partial charge in [0.15, 0.2) is 0 Å². The first-order valence-electron chi connectivity index (χ1n) is 42.8. The van der Waals surface area contributed by atoms with Crippen molar-refractivity contribution in [1.29, 1.82) is 0 Å². The zero-order valence-electron chi connectivity index (χ0n) is 73.5. The Labute approximate surface area is 659 Å². The Morgan fingerprint density at radius 2 is 0.700 bits per heavy atom. The fourth-order valence-electron chi connectivity index (χ4n) is 17.4. The van der Waals surface area contributed by atoms with E-state index in [0.29, 0.717) is 5.69 Å². The fraction of sp³-hybridized carbons (Fsp3) is 0.192. The standard InChI is InChI=1S/C104H94BN5/c1-100(2,3)71-46-51-89-83(60-71)84-61-72(101(4,5)6)47-52-90(84)109(89)91-43-29-39-81-82-40-30-44-92(99(82)108(98(81)91)76-35-23-18-24-36-76)110-94-64-77(106-87-41-27-25-37-79(87)80-38-26-28-42-88(80)106)48-50-86(94)105-85-49-45-67(70-54-73(102(7,8)9)59-74(55-70)103(10,11)12)58-93(85)107(95-62-75(104(13,14)15)63-96(110)97(95)105)78-56-68(65-31-19-16-20-32-65)53-69(57-78)66-33-21-17-22-34-66/h16-64H,1-15H3/i25D,26D,27D,28D,37D,38D,41D,42D. The monoisotopic (exact) mass is 1430 g/mol. The van der Waals surface area contributed by atoms with Gasteiger partial charge in [-0.3, -0.25) is 0 Å². The van der Waals surface area contributed by atoms with Crippen LogP contribution in [0.15, 0.2) is 297 Å². The van der Waals surface area contributed by atoms with Crippen LogP contribution in [-0.2, 0) is 27.1 Å². The van der Waals surface area contributed by atoms with Gasteiger partial charge in [0.05, 0.1) is 55.4 Å². The molecule has 0 amide bonds. The lowest BCUT2D eigenvalue weighted by atomic mass is 9.33. The Kier molecular flexibility index (Phi) is 13.6. The number of benzene rings is 14. The minimum absolute atomic E-state index is 0.0133. The average Bonchev–Trinajstić information content (AvgIpc) is 0.996. The lowest BCUT2D eigenvalue weighted by Crippen LogP contribution is -2.61. The Balaban J connectivity index is 0.982. The predicted octanol–water partition coefficient (Wildman–Crippen LogP) is 26.5. The highest BCUT2D eigenvalue weighted by molar-refractivity contribution is 7.00. The van der Waals surface area contributed by atoms with E-state index in [1.165, 1.54) is 33.0 Å². The summed E-state index contributed by atoms with van der Waals surface area (Å²) in [6.07, 6.45) is 0. The third kappa shape index (κ3) is 11.1. The number of aromatic nitrogens is 3. The number of fused-ring (bicyclic) bond motifs is 13. The minimum atomic E-state index is -0.497. The summed E-state index contributed by atoms with van der Waals surface area (Å²) in [6, 6.07) is 88.5. The molecule has 0 atom stereocenters. The maximum absolute atomic E-state index is 9.92. The van der Waals surface area contributed by atoms with Crippen LogP contribution >= 0.6 is 0 Å². The molecule has 0 saturated heterocycles. The number of hydrogen-bond acceptors (Lipinski definition) is 2. The average molecular weight is 1430 g/mol. The zero-order chi connectivity index (χ0) is 82.8. The van der Waals surface area contributed by atoms with Gasteiger partial charge >= 0.3 is 0 Å². The Morgan fingerprint density at radius 1 is 0.245 bits per heavy atom. The quantitative estimate of drug-likeness (QED) is 0.141. The van der Waals surface area contributed by atoms with Gasteiger partial charge in [0, 0.05) is 72.1 Å². The number of nitrogens with zero attached hydrogens (tertiary/aromatic N) is 5. The highest BCUT2D eigenvalue weighted by atomic mass is 15.2. The molecule has 19 rings (SSSR count). The number of para-hydroxylation sites is 5. The zero-order valence-corrected chi connectivity index (χ0v) is 65.5. The van der Waals surface area contributed by atoms with Gasteiger partial charge in [-0.1, -0.05) is 292 Å². The lowest BCUT2D eigenvalue weighted by molar-refractivity contribution is 0.569. The third-order valence-corrected chi connectivity index (χ3v) is 23.4. The molecule has 0 unspecified atom stereocenters. The highest BCUT2D eigenvalue weighted by Gasteiger charge is 2.46. The van der Waals surface area contributed by atoms with E-state index in [1.54, 1.807) is 4.57 Å². The van der Waals surface area contributed by atoms with Crippen LogP contribution in [0.1, 0.15) is 143 Å². The van der Waals surface area contributed by atoms with E-state index in [4.69, 9.17) is 2.74 Å². The second-order valence-corrected chi connectivity index (χ2v) is 35.7. The molecule has 2 aliphatic rings. The van der Waals surface area contributed by atoms with Gasteiger partial charge in [-0.15, -0.1) is 0 Å². The van der Waals surface area contributed by atoms with Gasteiger partial charge in [0.25, 0.3) is 6.71 Å². The molecule has 0 fully saturated rings. The van der Waals surface area contributed by atoms with Crippen molar-refractivity contribution >= 4 is 123 Å². The van der Waals surface area contributed by atoms with Crippen molar-refractivity contribution in [3.8, 4) is 50.4 Å². The van der Waals surface area contributed by atoms with Crippen LogP contribution in [0.25, 0.3) is 116 Å². The van der Waals surface area contributed by atoms with Gasteiger partial charge in [0.1, 0.15) is 0 Å². The Morgan fingerprint density at radius 3 is 1.23 bits per heavy atom. The van der Waals surface area contributed by atoms with Crippen LogP contribution in [0.2, 0.25) is 0 Å². The van der Waals surface area contributed by atoms with Gasteiger partial charge in [0.2, 0.25) is 0 Å². The molecule has 0 aliphatic carbocycles. The highest BCUT2D eigenvalue weighted by Crippen LogP contribution is 2.53. The summed E-state index contributed by atoms with van der Waals surface area (Å²) in [5.41, 5.74) is 26.7. The van der Waals surface area contributed by atoms with Crippen LogP contribution in [0, 0.1) is 0 Å². The normalized spacial score (nSPS) is 14.4. The molecular weight excluding hydrogens is 1330 g/mol. The summed E-state index contributed by atoms with van der Waals surface area (Å²) in [6.45, 7) is 33.9. The van der Waals surface area contributed by atoms with Crippen molar-refractivity contribution in [3.63, 3.8) is 0 Å². The molecule has 0 spiro atoms. The van der Waals surface area contributed by atoms with Crippen LogP contribution in [-0.4, -0.2) is 20.4 Å². The molecule has 6 heteroatoms. The molecule has 110 heavy (non-hydrogen) atoms. The first-order valence-corrected chi connectivity index (χ1v) is 38.8. The first kappa shape index (κ1) is 60.1. The predicted molar refractivity (Wildman–Crippen MR) is 473 cm³/mol. The van der Waals surface area contributed by atoms with Crippen molar-refractivity contribution in [1.82, 2.24) is 13.7 Å². The van der Waals surface area contributed by atoms with E-state index in [0.717, 1.165) is 134 Å². The molecule has 0 radical (unpaired) electrons. The number of anilines is 6. The first-order chi connectivity index (χ1) is 56.0. The van der Waals surface area contributed by atoms with E-state index in [9.17, 15) is 8.22 Å². The van der Waals surface area contributed by atoms with Gasteiger partial charge in [-0.25, -0.2) is 0 Å². The molecule has 17 aromatic rings. The van der Waals surface area contributed by atoms with E-state index in [2.05, 4.69) is 365 Å². The summed E-state index contributed by atoms with van der Waals surface area (Å²) in [5.74, 6) is 0. The van der Waals surface area contributed by atoms with Gasteiger partial charge in [-0.2, -0.15) is 0 Å². The van der Waals surface area contributed by atoms with E-state index >= 15 is 0 Å². The molecule has 5 nitrogen and oxygen atoms in total. The molecule has 2 aliphatic heterocycles. The molecule has 5 heterocycles. The van der Waals surface area contributed by atoms with Crippen LogP contribution in [0.3, 0.4) is 0 Å². The van der Waals surface area contributed by atoms with Crippen molar-refractivity contribution in [2.45, 2.75) is 131 Å². The molecular formula is C104H94BN5.